The molecule has 0 aliphatic carbocycles. The first kappa shape index (κ1) is 15.3. The van der Waals surface area contributed by atoms with Gasteiger partial charge in [0, 0.05) is 50.3 Å². The van der Waals surface area contributed by atoms with Crippen LogP contribution in [0, 0.1) is 0 Å². The van der Waals surface area contributed by atoms with Gasteiger partial charge in [-0.15, -0.1) is 0 Å². The molecule has 0 radical (unpaired) electrons. The maximum atomic E-state index is 3.56. The van der Waals surface area contributed by atoms with Crippen LogP contribution in [0.15, 0.2) is 0 Å². The van der Waals surface area contributed by atoms with Crippen molar-refractivity contribution in [3.8, 4) is 0 Å². The molecular formula is C13H29N3S. The average molecular weight is 259 g/mol. The van der Waals surface area contributed by atoms with E-state index in [0.29, 0.717) is 0 Å². The molecule has 0 aromatic rings. The van der Waals surface area contributed by atoms with E-state index in [1.165, 1.54) is 45.0 Å². The first-order chi connectivity index (χ1) is 8.26. The Morgan fingerprint density at radius 3 is 2.71 bits per heavy atom. The van der Waals surface area contributed by atoms with E-state index in [-0.39, 0.29) is 0 Å². The number of thioether (sulfide) groups is 1. The molecule has 0 bridgehead atoms. The topological polar surface area (TPSA) is 18.5 Å². The van der Waals surface area contributed by atoms with E-state index in [1.807, 2.05) is 0 Å². The minimum absolute atomic E-state index is 0.819. The molecule has 1 rings (SSSR count). The fourth-order valence-electron chi connectivity index (χ4n) is 2.23. The zero-order valence-corrected chi connectivity index (χ0v) is 12.6. The van der Waals surface area contributed by atoms with Gasteiger partial charge in [-0.1, -0.05) is 20.8 Å². The maximum Gasteiger partial charge on any atom is 0.0147 e. The third kappa shape index (κ3) is 6.65. The highest BCUT2D eigenvalue weighted by molar-refractivity contribution is 7.99. The lowest BCUT2D eigenvalue weighted by Gasteiger charge is -2.30. The molecule has 1 N–H and O–H groups in total. The molecule has 0 amide bonds. The van der Waals surface area contributed by atoms with Crippen LogP contribution in [0.3, 0.4) is 0 Å². The first-order valence-electron chi connectivity index (χ1n) is 7.03. The lowest BCUT2D eigenvalue weighted by atomic mass is 10.3. The van der Waals surface area contributed by atoms with Gasteiger partial charge in [0.25, 0.3) is 0 Å². The lowest BCUT2D eigenvalue weighted by molar-refractivity contribution is 0.274. The second-order valence-corrected chi connectivity index (χ2v) is 6.31. The van der Waals surface area contributed by atoms with Crippen LogP contribution in [0.5, 0.6) is 0 Å². The second kappa shape index (κ2) is 9.20. The van der Waals surface area contributed by atoms with Gasteiger partial charge >= 0.3 is 0 Å². The lowest BCUT2D eigenvalue weighted by Crippen LogP contribution is -2.41. The van der Waals surface area contributed by atoms with E-state index in [4.69, 9.17) is 0 Å². The second-order valence-electron chi connectivity index (χ2n) is 4.76. The Morgan fingerprint density at radius 1 is 1.29 bits per heavy atom. The number of nitrogens with zero attached hydrogens (tertiary/aromatic N) is 2. The fraction of sp³-hybridized carbons (Fsp3) is 1.00. The van der Waals surface area contributed by atoms with Crippen molar-refractivity contribution >= 4 is 11.8 Å². The van der Waals surface area contributed by atoms with Crippen LogP contribution in [0.25, 0.3) is 0 Å². The smallest absolute Gasteiger partial charge is 0.0147 e. The van der Waals surface area contributed by atoms with Gasteiger partial charge in [-0.05, 0) is 13.1 Å². The minimum Gasteiger partial charge on any atom is -0.314 e. The van der Waals surface area contributed by atoms with E-state index >= 15 is 0 Å². The van der Waals surface area contributed by atoms with Gasteiger partial charge in [-0.25, -0.2) is 0 Å². The Bertz CT molecular complexity index is 186. The standard InChI is InChI=1S/C13H29N3S/c1-4-15(5-2)8-6-14-7-9-16-10-11-17-13(3)12-16/h13-14H,4-12H2,1-3H3. The predicted molar refractivity (Wildman–Crippen MR) is 79.0 cm³/mol. The Kier molecular flexibility index (Phi) is 8.27. The predicted octanol–water partition coefficient (Wildman–Crippen LogP) is 1.36. The van der Waals surface area contributed by atoms with Gasteiger partial charge in [0.2, 0.25) is 0 Å². The molecule has 1 heterocycles. The minimum atomic E-state index is 0.819. The van der Waals surface area contributed by atoms with Crippen LogP contribution < -0.4 is 5.32 Å². The average Bonchev–Trinajstić information content (AvgIpc) is 2.34. The SMILES string of the molecule is CCN(CC)CCNCCN1CCSC(C)C1. The summed E-state index contributed by atoms with van der Waals surface area (Å²) in [4.78, 5) is 5.05. The molecule has 0 saturated carbocycles. The van der Waals surface area contributed by atoms with Crippen molar-refractivity contribution in [2.45, 2.75) is 26.0 Å². The largest absolute Gasteiger partial charge is 0.314 e. The van der Waals surface area contributed by atoms with Gasteiger partial charge < -0.3 is 15.1 Å². The monoisotopic (exact) mass is 259 g/mol. The van der Waals surface area contributed by atoms with E-state index in [0.717, 1.165) is 18.3 Å². The van der Waals surface area contributed by atoms with E-state index < -0.39 is 0 Å². The van der Waals surface area contributed by atoms with Crippen molar-refractivity contribution in [3.63, 3.8) is 0 Å². The van der Waals surface area contributed by atoms with Gasteiger partial charge in [-0.3, -0.25) is 0 Å². The number of likely N-dealkylation sites (N-methyl/N-ethyl adjacent to an activating group) is 1. The maximum absolute atomic E-state index is 3.56. The quantitative estimate of drug-likeness (QED) is 0.663. The summed E-state index contributed by atoms with van der Waals surface area (Å²) in [6.45, 7) is 16.3. The molecule has 1 fully saturated rings. The summed E-state index contributed by atoms with van der Waals surface area (Å²) in [5.74, 6) is 1.31. The van der Waals surface area contributed by atoms with E-state index in [9.17, 15) is 0 Å². The summed E-state index contributed by atoms with van der Waals surface area (Å²) >= 11 is 2.11. The molecule has 0 spiro atoms. The molecule has 1 saturated heterocycles. The van der Waals surface area contributed by atoms with E-state index in [1.54, 1.807) is 0 Å². The summed E-state index contributed by atoms with van der Waals surface area (Å²) in [6, 6.07) is 0. The Balaban J connectivity index is 1.96. The Hall–Kier alpha value is 0.230. The van der Waals surface area contributed by atoms with Gasteiger partial charge in [0.05, 0.1) is 0 Å². The highest BCUT2D eigenvalue weighted by atomic mass is 32.2. The van der Waals surface area contributed by atoms with Crippen molar-refractivity contribution in [1.82, 2.24) is 15.1 Å². The molecule has 1 unspecified atom stereocenters. The zero-order valence-electron chi connectivity index (χ0n) is 11.7. The van der Waals surface area contributed by atoms with Crippen LogP contribution in [0.4, 0.5) is 0 Å². The number of hydrogen-bond donors (Lipinski definition) is 1. The first-order valence-corrected chi connectivity index (χ1v) is 8.08. The van der Waals surface area contributed by atoms with Crippen molar-refractivity contribution in [3.05, 3.63) is 0 Å². The summed E-state index contributed by atoms with van der Waals surface area (Å²) < 4.78 is 0. The molecule has 1 atom stereocenters. The van der Waals surface area contributed by atoms with Crippen molar-refractivity contribution < 1.29 is 0 Å². The molecule has 102 valence electrons. The van der Waals surface area contributed by atoms with Crippen molar-refractivity contribution in [2.75, 3.05) is 58.1 Å². The summed E-state index contributed by atoms with van der Waals surface area (Å²) in [7, 11) is 0. The highest BCUT2D eigenvalue weighted by Gasteiger charge is 2.15. The fourth-order valence-corrected chi connectivity index (χ4v) is 3.32. The van der Waals surface area contributed by atoms with Gasteiger partial charge in [-0.2, -0.15) is 11.8 Å². The van der Waals surface area contributed by atoms with E-state index in [2.05, 4.69) is 47.6 Å². The van der Waals surface area contributed by atoms with Crippen LogP contribution in [-0.2, 0) is 0 Å². The molecule has 1 aliphatic heterocycles. The van der Waals surface area contributed by atoms with Crippen LogP contribution in [0.1, 0.15) is 20.8 Å². The number of nitrogens with one attached hydrogen (secondary N) is 1. The molecule has 0 aromatic carbocycles. The molecule has 1 aliphatic rings. The zero-order chi connectivity index (χ0) is 12.5. The highest BCUT2D eigenvalue weighted by Crippen LogP contribution is 2.16. The third-order valence-electron chi connectivity index (χ3n) is 3.43. The van der Waals surface area contributed by atoms with Gasteiger partial charge in [0.15, 0.2) is 0 Å². The van der Waals surface area contributed by atoms with Crippen LogP contribution in [-0.4, -0.2) is 73.2 Å². The van der Waals surface area contributed by atoms with Gasteiger partial charge in [0.1, 0.15) is 0 Å². The van der Waals surface area contributed by atoms with Crippen molar-refractivity contribution in [2.24, 2.45) is 0 Å². The molecular weight excluding hydrogens is 230 g/mol. The Labute approximate surface area is 111 Å². The normalized spacial score (nSPS) is 22.2. The van der Waals surface area contributed by atoms with Crippen molar-refractivity contribution in [1.29, 1.82) is 0 Å². The van der Waals surface area contributed by atoms with Crippen LogP contribution in [0.2, 0.25) is 0 Å². The third-order valence-corrected chi connectivity index (χ3v) is 4.57. The summed E-state index contributed by atoms with van der Waals surface area (Å²) in [5, 5.41) is 4.38. The molecule has 0 aromatic heterocycles. The molecule has 17 heavy (non-hydrogen) atoms. The molecule has 3 nitrogen and oxygen atoms in total. The Morgan fingerprint density at radius 2 is 2.06 bits per heavy atom. The molecule has 4 heteroatoms. The summed E-state index contributed by atoms with van der Waals surface area (Å²) in [5.41, 5.74) is 0. The summed E-state index contributed by atoms with van der Waals surface area (Å²) in [6.07, 6.45) is 0. The van der Waals surface area contributed by atoms with Crippen LogP contribution >= 0.6 is 11.8 Å². The number of rotatable bonds is 8. The number of hydrogen-bond acceptors (Lipinski definition) is 4.